The van der Waals surface area contributed by atoms with Crippen LogP contribution in [0, 0.1) is 0 Å². The Labute approximate surface area is 76.9 Å². The summed E-state index contributed by atoms with van der Waals surface area (Å²) in [6, 6.07) is 5.28. The first kappa shape index (κ1) is 9.25. The molecule has 13 heavy (non-hydrogen) atoms. The van der Waals surface area contributed by atoms with Crippen molar-refractivity contribution >= 4 is 6.03 Å². The molecule has 4 heteroatoms. The van der Waals surface area contributed by atoms with Crippen molar-refractivity contribution in [2.75, 3.05) is 12.0 Å². The van der Waals surface area contributed by atoms with Crippen LogP contribution in [0.5, 0.6) is 0 Å². The first-order chi connectivity index (χ1) is 6.33. The van der Waals surface area contributed by atoms with E-state index in [2.05, 4.69) is 17.3 Å². The van der Waals surface area contributed by atoms with Crippen molar-refractivity contribution in [1.82, 2.24) is 5.32 Å². The van der Waals surface area contributed by atoms with E-state index in [0.717, 1.165) is 0 Å². The highest BCUT2D eigenvalue weighted by Crippen LogP contribution is 1.74. The Morgan fingerprint density at radius 2 is 2.08 bits per heavy atom. The smallest absolute Gasteiger partial charge is 0.331 e. The number of carbonyl (C=O) groups excluding carboxylic acids is 1. The molecular weight excluding hydrogens is 166 g/mol. The molecule has 1 rings (SSSR count). The van der Waals surface area contributed by atoms with Gasteiger partial charge in [-0.25, -0.2) is 4.79 Å². The highest BCUT2D eigenvalue weighted by molar-refractivity contribution is 5.80. The van der Waals surface area contributed by atoms with Gasteiger partial charge in [0.15, 0.2) is 12.4 Å². The Balaban J connectivity index is 2.41. The molecule has 0 saturated carbocycles. The molecule has 0 aliphatic heterocycles. The quantitative estimate of drug-likeness (QED) is 0.511. The van der Waals surface area contributed by atoms with E-state index in [4.69, 9.17) is 0 Å². The summed E-state index contributed by atoms with van der Waals surface area (Å²) >= 11 is 0. The molecule has 2 N–H and O–H groups in total. The average molecular weight is 178 g/mol. The van der Waals surface area contributed by atoms with Crippen molar-refractivity contribution in [3.63, 3.8) is 0 Å². The molecule has 1 aromatic heterocycles. The van der Waals surface area contributed by atoms with Gasteiger partial charge in [-0.15, -0.1) is 12.0 Å². The second-order valence-electron chi connectivity index (χ2n) is 2.39. The molecule has 0 atom stereocenters. The van der Waals surface area contributed by atoms with E-state index >= 15 is 0 Å². The van der Waals surface area contributed by atoms with E-state index in [1.165, 1.54) is 0 Å². The van der Waals surface area contributed by atoms with Gasteiger partial charge in [0.05, 0.1) is 0 Å². The zero-order valence-corrected chi connectivity index (χ0v) is 7.23. The fraction of sp³-hybridized carbons (Fsp3) is 0.111. The normalized spacial score (nSPS) is 8.92. The van der Waals surface area contributed by atoms with Crippen molar-refractivity contribution in [1.29, 1.82) is 0 Å². The summed E-state index contributed by atoms with van der Waals surface area (Å²) in [4.78, 5) is 11.1. The molecule has 0 aliphatic rings. The summed E-state index contributed by atoms with van der Waals surface area (Å²) in [6.07, 6.45) is 5.11. The minimum Gasteiger partial charge on any atom is -0.331 e. The first-order valence-electron chi connectivity index (χ1n) is 3.95. The predicted octanol–water partition coefficient (Wildman–Crippen LogP) is 0.413. The SMILES string of the molecule is C=CCNC(=O)N[n+]1ccccc1. The Morgan fingerprint density at radius 3 is 2.69 bits per heavy atom. The summed E-state index contributed by atoms with van der Waals surface area (Å²) in [7, 11) is 0. The summed E-state index contributed by atoms with van der Waals surface area (Å²) in [5, 5.41) is 2.59. The zero-order chi connectivity index (χ0) is 9.52. The standard InChI is InChI=1S/C9H11N3O/c1-2-6-10-9(13)11-12-7-4-3-5-8-12/h2-5,7-8H,1,6H2,(H-,10,11,13)/p+1. The van der Waals surface area contributed by atoms with E-state index in [1.807, 2.05) is 18.2 Å². The van der Waals surface area contributed by atoms with Crippen LogP contribution in [0.2, 0.25) is 0 Å². The molecule has 0 aromatic carbocycles. The van der Waals surface area contributed by atoms with Gasteiger partial charge in [0.2, 0.25) is 0 Å². The fourth-order valence-corrected chi connectivity index (χ4v) is 0.795. The molecular formula is C9H12N3O+. The first-order valence-corrected chi connectivity index (χ1v) is 3.95. The Morgan fingerprint density at radius 1 is 1.38 bits per heavy atom. The number of amides is 2. The van der Waals surface area contributed by atoms with Crippen LogP contribution < -0.4 is 15.4 Å². The zero-order valence-electron chi connectivity index (χ0n) is 7.23. The van der Waals surface area contributed by atoms with Crippen molar-refractivity contribution in [2.24, 2.45) is 0 Å². The molecule has 0 bridgehead atoms. The topological polar surface area (TPSA) is 45.0 Å². The lowest BCUT2D eigenvalue weighted by molar-refractivity contribution is -0.641. The summed E-state index contributed by atoms with van der Waals surface area (Å²) in [5.41, 5.74) is 2.60. The maximum absolute atomic E-state index is 11.1. The second-order valence-corrected chi connectivity index (χ2v) is 2.39. The minimum atomic E-state index is -0.254. The van der Waals surface area contributed by atoms with Gasteiger partial charge in [0.25, 0.3) is 0 Å². The van der Waals surface area contributed by atoms with E-state index in [0.29, 0.717) is 6.54 Å². The molecule has 0 unspecified atom stereocenters. The number of nitrogens with zero attached hydrogens (tertiary/aromatic N) is 1. The van der Waals surface area contributed by atoms with Gasteiger partial charge in [-0.05, 0) is 0 Å². The van der Waals surface area contributed by atoms with Crippen LogP contribution in [0.4, 0.5) is 4.79 Å². The van der Waals surface area contributed by atoms with Gasteiger partial charge in [-0.3, -0.25) is 0 Å². The molecule has 0 spiro atoms. The summed E-state index contributed by atoms with van der Waals surface area (Å²) in [6.45, 7) is 3.95. The van der Waals surface area contributed by atoms with E-state index < -0.39 is 0 Å². The second kappa shape index (κ2) is 4.92. The van der Waals surface area contributed by atoms with E-state index in [-0.39, 0.29) is 6.03 Å². The monoisotopic (exact) mass is 178 g/mol. The maximum Gasteiger partial charge on any atom is 0.368 e. The van der Waals surface area contributed by atoms with Crippen LogP contribution in [0.25, 0.3) is 0 Å². The number of nitrogens with one attached hydrogen (secondary N) is 2. The van der Waals surface area contributed by atoms with Crippen molar-refractivity contribution < 1.29 is 9.47 Å². The minimum absolute atomic E-state index is 0.254. The molecule has 0 fully saturated rings. The van der Waals surface area contributed by atoms with Crippen LogP contribution in [-0.4, -0.2) is 12.6 Å². The Kier molecular flexibility index (Phi) is 3.50. The summed E-state index contributed by atoms with van der Waals surface area (Å²) < 4.78 is 1.57. The third kappa shape index (κ3) is 3.37. The number of carbonyl (C=O) groups is 1. The number of aromatic nitrogens is 1. The molecule has 0 saturated heterocycles. The lowest BCUT2D eigenvalue weighted by Crippen LogP contribution is -2.51. The molecule has 1 heterocycles. The van der Waals surface area contributed by atoms with Gasteiger partial charge in [0, 0.05) is 18.7 Å². The van der Waals surface area contributed by atoms with Crippen LogP contribution in [-0.2, 0) is 0 Å². The van der Waals surface area contributed by atoms with Crippen molar-refractivity contribution in [2.45, 2.75) is 0 Å². The molecule has 4 nitrogen and oxygen atoms in total. The number of urea groups is 1. The average Bonchev–Trinajstić information content (AvgIpc) is 2.16. The maximum atomic E-state index is 11.1. The summed E-state index contributed by atoms with van der Waals surface area (Å²) in [5.74, 6) is 0. The van der Waals surface area contributed by atoms with Gasteiger partial charge in [0.1, 0.15) is 0 Å². The Bertz CT molecular complexity index is 284. The fourth-order valence-electron chi connectivity index (χ4n) is 0.795. The van der Waals surface area contributed by atoms with Gasteiger partial charge in [-0.2, -0.15) is 0 Å². The number of hydrogen-bond acceptors (Lipinski definition) is 1. The van der Waals surface area contributed by atoms with Gasteiger partial charge >= 0.3 is 6.03 Å². The molecule has 2 amide bonds. The molecule has 68 valence electrons. The number of rotatable bonds is 3. The highest BCUT2D eigenvalue weighted by Gasteiger charge is 2.02. The lowest BCUT2D eigenvalue weighted by atomic mass is 10.5. The lowest BCUT2D eigenvalue weighted by Gasteiger charge is -1.99. The van der Waals surface area contributed by atoms with Crippen LogP contribution in [0.1, 0.15) is 0 Å². The molecule has 0 aliphatic carbocycles. The number of pyridine rings is 1. The van der Waals surface area contributed by atoms with E-state index in [1.54, 1.807) is 23.1 Å². The molecule has 1 aromatic rings. The predicted molar refractivity (Wildman–Crippen MR) is 49.6 cm³/mol. The Hall–Kier alpha value is -1.84. The van der Waals surface area contributed by atoms with Crippen molar-refractivity contribution in [3.05, 3.63) is 43.2 Å². The third-order valence-corrected chi connectivity index (χ3v) is 1.35. The third-order valence-electron chi connectivity index (χ3n) is 1.35. The van der Waals surface area contributed by atoms with Gasteiger partial charge in [-0.1, -0.05) is 16.8 Å². The van der Waals surface area contributed by atoms with E-state index in [9.17, 15) is 4.79 Å². The largest absolute Gasteiger partial charge is 0.368 e. The van der Waals surface area contributed by atoms with Crippen LogP contribution in [0.15, 0.2) is 43.2 Å². The van der Waals surface area contributed by atoms with Crippen molar-refractivity contribution in [3.8, 4) is 0 Å². The molecule has 0 radical (unpaired) electrons. The van der Waals surface area contributed by atoms with Crippen LogP contribution >= 0.6 is 0 Å². The van der Waals surface area contributed by atoms with Gasteiger partial charge < -0.3 is 5.32 Å². The number of hydrogen-bond donors (Lipinski definition) is 2. The van der Waals surface area contributed by atoms with Crippen LogP contribution in [0.3, 0.4) is 0 Å². The highest BCUT2D eigenvalue weighted by atomic mass is 16.2.